The van der Waals surface area contributed by atoms with Crippen molar-refractivity contribution >= 4 is 27.8 Å². The molecule has 5 nitrogen and oxygen atoms in total. The Morgan fingerprint density at radius 1 is 0.712 bits per heavy atom. The molecular weight excluding hydrogens is 648 g/mol. The van der Waals surface area contributed by atoms with Gasteiger partial charge in [0, 0.05) is 32.9 Å². The predicted molar refractivity (Wildman–Crippen MR) is 206 cm³/mol. The summed E-state index contributed by atoms with van der Waals surface area (Å²) in [6.07, 6.45) is 6.06. The fourth-order valence-electron chi connectivity index (χ4n) is 8.64. The van der Waals surface area contributed by atoms with E-state index in [1.807, 2.05) is 48.5 Å². The zero-order valence-corrected chi connectivity index (χ0v) is 29.5. The number of rotatable bonds is 7. The Balaban J connectivity index is 1.40. The molecule has 0 bridgehead atoms. The van der Waals surface area contributed by atoms with Crippen molar-refractivity contribution in [3.05, 3.63) is 155 Å². The van der Waals surface area contributed by atoms with Crippen molar-refractivity contribution in [2.24, 2.45) is 0 Å². The Morgan fingerprint density at radius 2 is 1.38 bits per heavy atom. The van der Waals surface area contributed by atoms with Crippen molar-refractivity contribution < 1.29 is 18.6 Å². The first-order chi connectivity index (χ1) is 25.5. The minimum Gasteiger partial charge on any atom is -0.493 e. The lowest BCUT2D eigenvalue weighted by atomic mass is 9.71. The molecule has 1 aromatic heterocycles. The highest BCUT2D eigenvalue weighted by molar-refractivity contribution is 6.09. The molecule has 52 heavy (non-hydrogen) atoms. The predicted octanol–water partition coefficient (Wildman–Crippen LogP) is 11.0. The first kappa shape index (κ1) is 31.9. The summed E-state index contributed by atoms with van der Waals surface area (Å²) in [6.45, 7) is 4.54. The van der Waals surface area contributed by atoms with Gasteiger partial charge in [0.05, 0.1) is 25.4 Å². The van der Waals surface area contributed by atoms with Crippen LogP contribution in [-0.2, 0) is 11.0 Å². The number of halogens is 1. The van der Waals surface area contributed by atoms with Gasteiger partial charge in [0.2, 0.25) is 5.60 Å². The van der Waals surface area contributed by atoms with E-state index in [1.54, 1.807) is 26.4 Å². The molecule has 256 valence electrons. The number of aromatic nitrogens is 2. The summed E-state index contributed by atoms with van der Waals surface area (Å²) in [5.74, 6) is 2.05. The van der Waals surface area contributed by atoms with E-state index in [0.717, 1.165) is 51.3 Å². The third-order valence-corrected chi connectivity index (χ3v) is 11.2. The summed E-state index contributed by atoms with van der Waals surface area (Å²) < 4.78 is 33.9. The Labute approximate surface area is 302 Å². The summed E-state index contributed by atoms with van der Waals surface area (Å²) in [5, 5.41) is 2.82. The number of methoxy groups -OCH3 is 2. The first-order valence-corrected chi connectivity index (χ1v) is 17.8. The number of ether oxygens (including phenoxy) is 3. The molecule has 0 spiro atoms. The largest absolute Gasteiger partial charge is 0.493 e. The maximum Gasteiger partial charge on any atom is 0.212 e. The van der Waals surface area contributed by atoms with Crippen LogP contribution in [0.1, 0.15) is 54.8 Å². The van der Waals surface area contributed by atoms with E-state index in [2.05, 4.69) is 68.5 Å². The van der Waals surface area contributed by atoms with Crippen LogP contribution in [0.5, 0.6) is 17.2 Å². The van der Waals surface area contributed by atoms with Gasteiger partial charge in [-0.15, -0.1) is 0 Å². The van der Waals surface area contributed by atoms with Crippen molar-refractivity contribution in [3.63, 3.8) is 0 Å². The summed E-state index contributed by atoms with van der Waals surface area (Å²) in [6, 6.07) is 37.5. The minimum absolute atomic E-state index is 0.249. The molecule has 7 aromatic rings. The van der Waals surface area contributed by atoms with E-state index in [-0.39, 0.29) is 11.2 Å². The van der Waals surface area contributed by atoms with E-state index < -0.39 is 5.60 Å². The number of fused-ring (bicyclic) bond motifs is 9. The zero-order valence-electron chi connectivity index (χ0n) is 29.5. The van der Waals surface area contributed by atoms with Gasteiger partial charge in [-0.05, 0) is 76.9 Å². The van der Waals surface area contributed by atoms with Crippen molar-refractivity contribution in [3.8, 4) is 39.6 Å². The Kier molecular flexibility index (Phi) is 7.40. The minimum atomic E-state index is -1.31. The summed E-state index contributed by atoms with van der Waals surface area (Å²) in [5.41, 5.74) is 7.65. The maximum atomic E-state index is 14.6. The first-order valence-electron chi connectivity index (χ1n) is 17.8. The summed E-state index contributed by atoms with van der Waals surface area (Å²) in [7, 11) is 3.31. The molecular formula is C46H37FN2O3. The second-order valence-electron chi connectivity index (χ2n) is 13.5. The molecule has 0 N–H and O–H groups in total. The molecule has 0 saturated carbocycles. The van der Waals surface area contributed by atoms with Crippen molar-refractivity contribution in [2.75, 3.05) is 14.2 Å². The van der Waals surface area contributed by atoms with Gasteiger partial charge in [-0.2, -0.15) is 0 Å². The van der Waals surface area contributed by atoms with E-state index in [9.17, 15) is 4.39 Å². The molecule has 6 aromatic carbocycles. The standard InChI is InChI=1S/C46H37FN2O3/c1-5-45(6-2)36-18-12-10-16-31(36)40-34-26-38(50-3)39(51-4)27-35(34)43-33(41(40)45)24-25-46(52-43,29-20-22-30(47)23-21-29)44-48-37-19-13-11-17-32(37)42(49-44)28-14-8-7-9-15-28/h7-27H,5-6H2,1-4H3. The van der Waals surface area contributed by atoms with Crippen LogP contribution >= 0.6 is 0 Å². The second kappa shape index (κ2) is 12.1. The molecule has 1 aliphatic heterocycles. The highest BCUT2D eigenvalue weighted by Crippen LogP contribution is 2.61. The van der Waals surface area contributed by atoms with Crippen LogP contribution in [0.25, 0.3) is 50.1 Å². The normalized spacial score (nSPS) is 16.6. The third kappa shape index (κ3) is 4.46. The maximum absolute atomic E-state index is 14.6. The van der Waals surface area contributed by atoms with Gasteiger partial charge in [-0.1, -0.05) is 105 Å². The smallest absolute Gasteiger partial charge is 0.212 e. The van der Waals surface area contributed by atoms with Crippen LogP contribution in [0.15, 0.2) is 121 Å². The lowest BCUT2D eigenvalue weighted by molar-refractivity contribution is 0.153. The quantitative estimate of drug-likeness (QED) is 0.167. The summed E-state index contributed by atoms with van der Waals surface area (Å²) in [4.78, 5) is 10.5. The molecule has 1 aliphatic carbocycles. The Hall–Kier alpha value is -6.01. The monoisotopic (exact) mass is 684 g/mol. The highest BCUT2D eigenvalue weighted by Gasteiger charge is 2.48. The second-order valence-corrected chi connectivity index (χ2v) is 13.5. The van der Waals surface area contributed by atoms with Crippen LogP contribution < -0.4 is 14.2 Å². The molecule has 6 heteroatoms. The van der Waals surface area contributed by atoms with E-state index in [4.69, 9.17) is 24.2 Å². The molecule has 2 aliphatic rings. The number of benzene rings is 6. The van der Waals surface area contributed by atoms with Gasteiger partial charge in [0.1, 0.15) is 11.6 Å². The number of para-hydroxylation sites is 1. The van der Waals surface area contributed by atoms with Crippen molar-refractivity contribution in [1.82, 2.24) is 9.97 Å². The number of hydrogen-bond acceptors (Lipinski definition) is 5. The van der Waals surface area contributed by atoms with Crippen LogP contribution in [0.4, 0.5) is 4.39 Å². The van der Waals surface area contributed by atoms with E-state index in [0.29, 0.717) is 28.6 Å². The van der Waals surface area contributed by atoms with E-state index >= 15 is 0 Å². The average Bonchev–Trinajstić information content (AvgIpc) is 3.51. The average molecular weight is 685 g/mol. The van der Waals surface area contributed by atoms with Gasteiger partial charge in [-0.25, -0.2) is 14.4 Å². The van der Waals surface area contributed by atoms with E-state index in [1.165, 1.54) is 34.4 Å². The lowest BCUT2D eigenvalue weighted by Gasteiger charge is -2.38. The molecule has 0 saturated heterocycles. The number of nitrogens with zero attached hydrogens (tertiary/aromatic N) is 2. The van der Waals surface area contributed by atoms with Crippen LogP contribution in [0, 0.1) is 5.82 Å². The van der Waals surface area contributed by atoms with Crippen molar-refractivity contribution in [1.29, 1.82) is 0 Å². The van der Waals surface area contributed by atoms with Gasteiger partial charge >= 0.3 is 0 Å². The van der Waals surface area contributed by atoms with Crippen molar-refractivity contribution in [2.45, 2.75) is 37.7 Å². The molecule has 1 unspecified atom stereocenters. The topological polar surface area (TPSA) is 53.5 Å². The van der Waals surface area contributed by atoms with Crippen LogP contribution in [-0.4, -0.2) is 24.2 Å². The Morgan fingerprint density at radius 3 is 2.12 bits per heavy atom. The highest BCUT2D eigenvalue weighted by atomic mass is 19.1. The van der Waals surface area contributed by atoms with Crippen LogP contribution in [0.3, 0.4) is 0 Å². The van der Waals surface area contributed by atoms with Gasteiger partial charge in [0.25, 0.3) is 0 Å². The van der Waals surface area contributed by atoms with Crippen LogP contribution in [0.2, 0.25) is 0 Å². The number of hydrogen-bond donors (Lipinski definition) is 0. The lowest BCUT2D eigenvalue weighted by Crippen LogP contribution is -2.37. The molecule has 9 rings (SSSR count). The molecule has 0 amide bonds. The fraction of sp³-hybridized carbons (Fsp3) is 0.174. The molecule has 1 atom stereocenters. The zero-order chi connectivity index (χ0) is 35.6. The molecule has 0 radical (unpaired) electrons. The molecule has 0 fully saturated rings. The SMILES string of the molecule is CCC1(CC)c2ccccc2-c2c1c1c(c3cc(OC)c(OC)cc23)OC(c2ccc(F)cc2)(c2nc(-c3ccccc3)c3ccccc3n2)C=C1. The fourth-order valence-corrected chi connectivity index (χ4v) is 8.64. The van der Waals surface area contributed by atoms with Gasteiger partial charge < -0.3 is 14.2 Å². The third-order valence-electron chi connectivity index (χ3n) is 11.2. The Bertz CT molecular complexity index is 2560. The summed E-state index contributed by atoms with van der Waals surface area (Å²) >= 11 is 0. The van der Waals surface area contributed by atoms with Gasteiger partial charge in [0.15, 0.2) is 17.3 Å². The molecule has 2 heterocycles. The van der Waals surface area contributed by atoms with Gasteiger partial charge in [-0.3, -0.25) is 0 Å².